The summed E-state index contributed by atoms with van der Waals surface area (Å²) in [6.07, 6.45) is 0.376. The van der Waals surface area contributed by atoms with Gasteiger partial charge in [0.15, 0.2) is 6.04 Å². The molecule has 46 heteroatoms. The summed E-state index contributed by atoms with van der Waals surface area (Å²) in [4.78, 5) is 260. The van der Waals surface area contributed by atoms with Crippen molar-refractivity contribution in [2.75, 3.05) is 39.4 Å². The zero-order valence-corrected chi connectivity index (χ0v) is 76.6. The fraction of sp³-hybridized carbons (Fsp3) is 0.699. The Bertz CT molecular complexity index is 3830. The Hall–Kier alpha value is -11.2. The fourth-order valence-electron chi connectivity index (χ4n) is 13.0. The van der Waals surface area contributed by atoms with Gasteiger partial charge >= 0.3 is 0 Å². The lowest BCUT2D eigenvalue weighted by molar-refractivity contribution is -0.406. The van der Waals surface area contributed by atoms with Crippen LogP contribution in [-0.2, 0) is 97.5 Å². The largest absolute Gasteiger partial charge is 0.550 e. The first-order valence-electron chi connectivity index (χ1n) is 44.2. The van der Waals surface area contributed by atoms with Crippen LogP contribution in [0.25, 0.3) is 0 Å². The van der Waals surface area contributed by atoms with Crippen LogP contribution >= 0.6 is 0 Å². The van der Waals surface area contributed by atoms with E-state index in [-0.39, 0.29) is 50.9 Å². The highest BCUT2D eigenvalue weighted by molar-refractivity contribution is 6.02. The molecule has 0 spiro atoms. The molecule has 19 atom stereocenters. The number of carboxylic acids is 2. The van der Waals surface area contributed by atoms with Crippen LogP contribution in [-0.4, -0.2) is 276 Å². The van der Waals surface area contributed by atoms with Crippen molar-refractivity contribution in [1.29, 1.82) is 0 Å². The number of aliphatic hydroxyl groups excluding tert-OH is 3. The Morgan fingerprint density at radius 3 is 1.08 bits per heavy atom. The smallest absolute Gasteiger partial charge is 0.278 e. The van der Waals surface area contributed by atoms with Crippen LogP contribution in [0.4, 0.5) is 0 Å². The maximum Gasteiger partial charge on any atom is 0.278 e. The van der Waals surface area contributed by atoms with E-state index in [2.05, 4.69) is 114 Å². The maximum atomic E-state index is 14.7. The molecule has 0 saturated heterocycles. The van der Waals surface area contributed by atoms with Crippen molar-refractivity contribution >= 4 is 112 Å². The molecule has 1 rings (SSSR count). The van der Waals surface area contributed by atoms with E-state index < -0.39 is 271 Å². The van der Waals surface area contributed by atoms with E-state index >= 15 is 0 Å². The van der Waals surface area contributed by atoms with Crippen LogP contribution in [0.15, 0.2) is 30.3 Å². The number of carbonyl (C=O) groups is 19. The third-order valence-corrected chi connectivity index (χ3v) is 21.1. The van der Waals surface area contributed by atoms with Crippen molar-refractivity contribution in [3.63, 3.8) is 0 Å². The van der Waals surface area contributed by atoms with Crippen LogP contribution in [0.5, 0.6) is 0 Å². The number of amides is 17. The minimum Gasteiger partial charge on any atom is -0.550 e. The molecule has 0 fully saturated rings. The molecule has 0 bridgehead atoms. The van der Waals surface area contributed by atoms with Gasteiger partial charge < -0.3 is 155 Å². The second-order valence-electron chi connectivity index (χ2n) is 33.5. The summed E-state index contributed by atoms with van der Waals surface area (Å²) in [5.74, 6) is -22.6. The molecule has 46 nitrogen and oxygen atoms in total. The topological polar surface area (TPSA) is 788 Å². The molecule has 0 aliphatic rings. The number of hydrogen-bond donors (Lipinski definition) is 25. The summed E-state index contributed by atoms with van der Waals surface area (Å²) < 4.78 is 0. The normalized spacial score (nSPS) is 15.7. The van der Waals surface area contributed by atoms with E-state index in [4.69, 9.17) is 5.73 Å². The highest BCUT2D eigenvalue weighted by Gasteiger charge is 2.41. The lowest BCUT2D eigenvalue weighted by Crippen LogP contribution is -2.69. The summed E-state index contributed by atoms with van der Waals surface area (Å²) in [5.41, 5.74) is 25.3. The molecule has 0 saturated carbocycles. The summed E-state index contributed by atoms with van der Waals surface area (Å²) in [5, 5.41) is 94.1. The summed E-state index contributed by atoms with van der Waals surface area (Å²) in [6, 6.07) is -17.3. The number of benzene rings is 1. The van der Waals surface area contributed by atoms with Gasteiger partial charge in [-0.1, -0.05) is 92.1 Å². The molecular formula is C83H147N22O24+3. The number of carboxylic acid groups (broad SMARTS) is 2. The molecule has 17 amide bonds. The van der Waals surface area contributed by atoms with E-state index in [1.54, 1.807) is 58.0 Å². The van der Waals surface area contributed by atoms with Gasteiger partial charge in [-0.25, -0.2) is 0 Å². The van der Waals surface area contributed by atoms with Gasteiger partial charge in [-0.05, 0) is 147 Å². The molecule has 36 N–H and O–H groups in total. The monoisotopic (exact) mass is 1840 g/mol. The molecule has 0 aliphatic carbocycles. The van der Waals surface area contributed by atoms with E-state index in [0.29, 0.717) is 76.7 Å². The highest BCUT2D eigenvalue weighted by atomic mass is 16.4. The van der Waals surface area contributed by atoms with Crippen molar-refractivity contribution in [3.8, 4) is 0 Å². The van der Waals surface area contributed by atoms with Crippen LogP contribution in [0.3, 0.4) is 0 Å². The second-order valence-corrected chi connectivity index (χ2v) is 33.5. The van der Waals surface area contributed by atoms with Gasteiger partial charge in [-0.2, -0.15) is 0 Å². The minimum absolute atomic E-state index is 0.0344. The van der Waals surface area contributed by atoms with E-state index in [0.717, 1.165) is 13.3 Å². The number of unbranched alkanes of at least 4 members (excludes halogenated alkanes) is 4. The van der Waals surface area contributed by atoms with Gasteiger partial charge in [-0.15, -0.1) is 0 Å². The minimum atomic E-state index is -1.84. The zero-order valence-electron chi connectivity index (χ0n) is 76.6. The first-order chi connectivity index (χ1) is 60.7. The molecule has 0 aliphatic heterocycles. The number of nitrogens with one attached hydrogen (secondary N) is 16. The van der Waals surface area contributed by atoms with E-state index in [1.165, 1.54) is 48.5 Å². The molecular weight excluding hydrogens is 1690 g/mol. The van der Waals surface area contributed by atoms with Gasteiger partial charge in [0.25, 0.3) is 5.91 Å². The third-order valence-electron chi connectivity index (χ3n) is 21.1. The van der Waals surface area contributed by atoms with Crippen molar-refractivity contribution < 1.29 is 145 Å². The first-order valence-corrected chi connectivity index (χ1v) is 44.2. The molecule has 0 radical (unpaired) electrons. The molecule has 1 aromatic rings. The molecule has 730 valence electrons. The lowest BCUT2D eigenvalue weighted by Gasteiger charge is -2.30. The van der Waals surface area contributed by atoms with Gasteiger partial charge in [-0.3, -0.25) is 81.5 Å². The van der Waals surface area contributed by atoms with Crippen LogP contribution in [0, 0.1) is 23.7 Å². The first kappa shape index (κ1) is 116. The number of rotatable bonds is 65. The number of nitrogens with two attached hydrogens (primary N) is 1. The Balaban J connectivity index is 3.48. The predicted molar refractivity (Wildman–Crippen MR) is 459 cm³/mol. The van der Waals surface area contributed by atoms with E-state index in [9.17, 15) is 117 Å². The Kier molecular flexibility index (Phi) is 55.1. The average molecular weight is 1840 g/mol. The van der Waals surface area contributed by atoms with Crippen molar-refractivity contribution in [2.24, 2.45) is 29.4 Å². The summed E-state index contributed by atoms with van der Waals surface area (Å²) in [6.45, 7) is 17.4. The molecule has 1 aromatic carbocycles. The Morgan fingerprint density at radius 2 is 0.667 bits per heavy atom. The van der Waals surface area contributed by atoms with Gasteiger partial charge in [0.1, 0.15) is 90.6 Å². The number of carbonyl (C=O) groups excluding carboxylic acids is 19. The number of quaternary nitrogens is 5. The maximum absolute atomic E-state index is 14.7. The predicted octanol–water partition coefficient (Wildman–Crippen LogP) is -13.8. The highest BCUT2D eigenvalue weighted by Crippen LogP contribution is 2.16. The van der Waals surface area contributed by atoms with Crippen LogP contribution in [0.2, 0.25) is 0 Å². The van der Waals surface area contributed by atoms with Crippen molar-refractivity contribution in [3.05, 3.63) is 35.9 Å². The molecule has 0 aromatic heterocycles. The number of primary amides is 1. The summed E-state index contributed by atoms with van der Waals surface area (Å²) >= 11 is 0. The second kappa shape index (κ2) is 61.4. The van der Waals surface area contributed by atoms with Gasteiger partial charge in [0.05, 0.1) is 63.9 Å². The fourth-order valence-corrected chi connectivity index (χ4v) is 13.0. The average Bonchev–Trinajstić information content (AvgIpc) is 0.849. The SMILES string of the molecule is CC[C@H](C)[C@H](NC(=O)[C@H](CCCC[NH3+])NC(=O)[C@@H](NC(=O)[C@H](C)NC(=O)[C@H](CC(N)=O)NC(=O)[C@H](C)NC(=O)[C@@H](NC(=O)[C@H](CCC(=O)[O-])NC(=O)[C@H](CCCC[NH3+])NC(=O)[C@H](Cc1ccccc1)NC(=O)[C@@H](NC(=O)[C@H](CCCC[NH3+])NC(=O)[C@@H]([NH3+])CCCC[NH3+])[C@@H](C)O)C(C)C)C(C)C)C(=O)N[C@@H](CO)C(=O)N[C@@H](C)C(=O)N[C@@H](CO)C(=O)N[C@@H](CC(C)C)C(=O)[O-]. The molecule has 0 heterocycles. The zero-order chi connectivity index (χ0) is 98.1. The number of aliphatic carboxylic acids is 2. The Labute approximate surface area is 751 Å². The number of hydrogen-bond acceptors (Lipinski definition) is 24. The standard InChI is InChI=1S/C83H144N22O24/c1-13-45(8)65(81(126)101-59(40-106)77(122)91-46(9)68(113)100-60(41-107)78(123)99-58(83(128)129)37-42(2)3)104-72(117)54(30-20-24-36-87)96-80(125)64(44(6)7)102-69(114)48(11)90-75(120)57(39-61(89)109)97-67(112)47(10)92-79(124)63(43(4)5)103-74(119)55(31-32-62(110)111)95-71(116)52(28-18-22-34-85)94-76(121)56(38-50-25-15-14-16-26-50)98-82(127)66(49(12)108)105-73(118)53(29-19-23-35-86)93-70(115)51(88)27-17-21-33-84/h14-16,25-26,42-49,51-60,63-66,106-108H,13,17-24,27-41,84-88H2,1-12H3,(H2,89,109)(H,90,120)(H,91,122)(H,92,124)(H,93,115)(H,94,121)(H,95,116)(H,96,125)(H,97,112)(H,98,127)(H,99,123)(H,100,113)(H,101,126)(H,102,114)(H,103,119)(H,104,117)(H,105,118)(H,110,111)(H,128,129)/p+3/t45-,46-,47-,48-,49+,51-,52-,53-,54-,55-,56-,57-,58-,59-,60-,63-,64-,65-,66-/m0/s1. The molecule has 0 unspecified atom stereocenters. The van der Waals surface area contributed by atoms with Crippen LogP contribution in [0.1, 0.15) is 198 Å². The van der Waals surface area contributed by atoms with Crippen LogP contribution < -0.4 is 130 Å². The summed E-state index contributed by atoms with van der Waals surface area (Å²) in [7, 11) is 0. The third kappa shape index (κ3) is 43.7. The number of aliphatic hydroxyl groups is 3. The Morgan fingerprint density at radius 1 is 0.357 bits per heavy atom. The molecule has 129 heavy (non-hydrogen) atoms. The van der Waals surface area contributed by atoms with Crippen molar-refractivity contribution in [2.45, 2.75) is 307 Å². The van der Waals surface area contributed by atoms with Gasteiger partial charge in [0, 0.05) is 18.8 Å². The van der Waals surface area contributed by atoms with E-state index in [1.807, 2.05) is 0 Å². The van der Waals surface area contributed by atoms with Gasteiger partial charge in [0.2, 0.25) is 94.5 Å². The quantitative estimate of drug-likeness (QED) is 0.0269. The lowest BCUT2D eigenvalue weighted by atomic mass is 9.96. The van der Waals surface area contributed by atoms with Crippen molar-refractivity contribution in [1.82, 2.24) is 85.1 Å².